The first-order chi connectivity index (χ1) is 11.5. The number of hydrogen-bond acceptors (Lipinski definition) is 3. The first-order valence-electron chi connectivity index (χ1n) is 8.46. The minimum Gasteiger partial charge on any atom is -0.342 e. The smallest absolute Gasteiger partial charge is 0.332 e. The van der Waals surface area contributed by atoms with Crippen molar-refractivity contribution in [2.75, 3.05) is 24.5 Å². The Hall–Kier alpha value is -2.37. The van der Waals surface area contributed by atoms with E-state index in [1.807, 2.05) is 36.9 Å². The molecule has 128 valence electrons. The van der Waals surface area contributed by atoms with Crippen LogP contribution in [-0.2, 0) is 9.59 Å². The number of anilines is 1. The number of nitrogens with zero attached hydrogens (tertiary/aromatic N) is 3. The lowest BCUT2D eigenvalue weighted by Crippen LogP contribution is -2.48. The predicted octanol–water partition coefficient (Wildman–Crippen LogP) is 2.10. The van der Waals surface area contributed by atoms with Crippen LogP contribution in [0.25, 0.3) is 0 Å². The van der Waals surface area contributed by atoms with Gasteiger partial charge in [0, 0.05) is 25.0 Å². The number of carbonyl (C=O) groups excluding carboxylic acids is 3. The van der Waals surface area contributed by atoms with Crippen molar-refractivity contribution in [3.63, 3.8) is 0 Å². The highest BCUT2D eigenvalue weighted by Crippen LogP contribution is 2.26. The number of carbonyl (C=O) groups is 3. The van der Waals surface area contributed by atoms with Crippen LogP contribution in [0.5, 0.6) is 0 Å². The molecular formula is C18H23N3O3. The van der Waals surface area contributed by atoms with Crippen molar-refractivity contribution in [1.29, 1.82) is 0 Å². The van der Waals surface area contributed by atoms with E-state index in [0.717, 1.165) is 12.8 Å². The van der Waals surface area contributed by atoms with Gasteiger partial charge in [-0.3, -0.25) is 9.59 Å². The standard InChI is InChI=1S/C18H23N3O3/c1-13(2)17(23)19-10-8-14(9-11-19)20-12-16(22)21(18(20)24)15-6-4-3-5-7-15/h3-7,13-14H,8-12H2,1-2H3. The molecule has 2 aliphatic rings. The number of imide groups is 1. The molecule has 3 rings (SSSR count). The highest BCUT2D eigenvalue weighted by atomic mass is 16.2. The van der Waals surface area contributed by atoms with Crippen LogP contribution < -0.4 is 4.90 Å². The van der Waals surface area contributed by atoms with E-state index < -0.39 is 0 Å². The molecule has 2 heterocycles. The normalized spacial score (nSPS) is 19.5. The van der Waals surface area contributed by atoms with Crippen LogP contribution in [-0.4, -0.2) is 53.3 Å². The highest BCUT2D eigenvalue weighted by Gasteiger charge is 2.41. The third-order valence-electron chi connectivity index (χ3n) is 4.72. The van der Waals surface area contributed by atoms with Crippen LogP contribution in [0.1, 0.15) is 26.7 Å². The van der Waals surface area contributed by atoms with E-state index in [2.05, 4.69) is 0 Å². The van der Waals surface area contributed by atoms with Gasteiger partial charge in [-0.05, 0) is 25.0 Å². The van der Waals surface area contributed by atoms with Crippen molar-refractivity contribution >= 4 is 23.5 Å². The van der Waals surface area contributed by atoms with Gasteiger partial charge in [-0.2, -0.15) is 0 Å². The zero-order valence-corrected chi connectivity index (χ0v) is 14.1. The van der Waals surface area contributed by atoms with E-state index in [1.54, 1.807) is 17.0 Å². The van der Waals surface area contributed by atoms with Crippen molar-refractivity contribution in [1.82, 2.24) is 9.80 Å². The maximum Gasteiger partial charge on any atom is 0.332 e. The molecule has 0 aromatic heterocycles. The summed E-state index contributed by atoms with van der Waals surface area (Å²) in [7, 11) is 0. The largest absolute Gasteiger partial charge is 0.342 e. The third-order valence-corrected chi connectivity index (χ3v) is 4.72. The van der Waals surface area contributed by atoms with Gasteiger partial charge in [-0.15, -0.1) is 0 Å². The van der Waals surface area contributed by atoms with Crippen LogP contribution in [0.3, 0.4) is 0 Å². The molecule has 0 saturated carbocycles. The van der Waals surface area contributed by atoms with Gasteiger partial charge in [-0.25, -0.2) is 9.69 Å². The van der Waals surface area contributed by atoms with Crippen molar-refractivity contribution in [3.05, 3.63) is 30.3 Å². The number of benzene rings is 1. The number of piperidine rings is 1. The molecule has 0 aliphatic carbocycles. The Balaban J connectivity index is 1.66. The minimum atomic E-state index is -0.250. The molecule has 0 bridgehead atoms. The molecule has 0 spiro atoms. The summed E-state index contributed by atoms with van der Waals surface area (Å²) in [6, 6.07) is 8.79. The molecule has 1 aromatic rings. The fraction of sp³-hybridized carbons (Fsp3) is 0.500. The zero-order chi connectivity index (χ0) is 17.3. The molecule has 0 radical (unpaired) electrons. The van der Waals surface area contributed by atoms with Gasteiger partial charge in [0.05, 0.1) is 5.69 Å². The summed E-state index contributed by atoms with van der Waals surface area (Å²) in [4.78, 5) is 41.8. The number of rotatable bonds is 3. The monoisotopic (exact) mass is 329 g/mol. The lowest BCUT2D eigenvalue weighted by molar-refractivity contribution is -0.136. The number of hydrogen-bond donors (Lipinski definition) is 0. The van der Waals surface area contributed by atoms with Gasteiger partial charge in [-0.1, -0.05) is 32.0 Å². The molecule has 24 heavy (non-hydrogen) atoms. The average molecular weight is 329 g/mol. The molecule has 0 N–H and O–H groups in total. The lowest BCUT2D eigenvalue weighted by atomic mass is 10.0. The van der Waals surface area contributed by atoms with Crippen LogP contribution in [0.4, 0.5) is 10.5 Å². The number of amides is 4. The molecule has 0 atom stereocenters. The maximum atomic E-state index is 12.7. The summed E-state index contributed by atoms with van der Waals surface area (Å²) >= 11 is 0. The Labute approximate surface area is 142 Å². The Kier molecular flexibility index (Phi) is 4.55. The van der Waals surface area contributed by atoms with Gasteiger partial charge < -0.3 is 9.80 Å². The molecule has 0 unspecified atom stereocenters. The molecule has 4 amide bonds. The van der Waals surface area contributed by atoms with E-state index in [-0.39, 0.29) is 36.3 Å². The van der Waals surface area contributed by atoms with E-state index in [0.29, 0.717) is 18.8 Å². The summed E-state index contributed by atoms with van der Waals surface area (Å²) < 4.78 is 0. The lowest BCUT2D eigenvalue weighted by Gasteiger charge is -2.36. The zero-order valence-electron chi connectivity index (χ0n) is 14.1. The van der Waals surface area contributed by atoms with Crippen molar-refractivity contribution < 1.29 is 14.4 Å². The van der Waals surface area contributed by atoms with Gasteiger partial charge in [0.15, 0.2) is 0 Å². The average Bonchev–Trinajstić information content (AvgIpc) is 2.89. The van der Waals surface area contributed by atoms with Gasteiger partial charge in [0.1, 0.15) is 6.54 Å². The fourth-order valence-electron chi connectivity index (χ4n) is 3.40. The Morgan fingerprint density at radius 3 is 2.29 bits per heavy atom. The van der Waals surface area contributed by atoms with E-state index in [4.69, 9.17) is 0 Å². The van der Waals surface area contributed by atoms with Crippen LogP contribution in [0.2, 0.25) is 0 Å². The second kappa shape index (κ2) is 6.63. The Morgan fingerprint density at radius 1 is 1.08 bits per heavy atom. The number of para-hydroxylation sites is 1. The predicted molar refractivity (Wildman–Crippen MR) is 90.5 cm³/mol. The molecular weight excluding hydrogens is 306 g/mol. The first-order valence-corrected chi connectivity index (χ1v) is 8.46. The Bertz CT molecular complexity index is 636. The topological polar surface area (TPSA) is 60.9 Å². The quantitative estimate of drug-likeness (QED) is 0.798. The molecule has 6 nitrogen and oxygen atoms in total. The van der Waals surface area contributed by atoms with Crippen LogP contribution >= 0.6 is 0 Å². The second-order valence-electron chi connectivity index (χ2n) is 6.69. The fourth-order valence-corrected chi connectivity index (χ4v) is 3.40. The second-order valence-corrected chi connectivity index (χ2v) is 6.69. The van der Waals surface area contributed by atoms with Gasteiger partial charge in [0.2, 0.25) is 5.91 Å². The maximum absolute atomic E-state index is 12.7. The van der Waals surface area contributed by atoms with Crippen LogP contribution in [0, 0.1) is 5.92 Å². The van der Waals surface area contributed by atoms with Crippen molar-refractivity contribution in [2.45, 2.75) is 32.7 Å². The number of urea groups is 1. The first kappa shape index (κ1) is 16.5. The summed E-state index contributed by atoms with van der Waals surface area (Å²) in [6.07, 6.45) is 1.44. The van der Waals surface area contributed by atoms with E-state index in [1.165, 1.54) is 4.90 Å². The summed E-state index contributed by atoms with van der Waals surface area (Å²) in [5.41, 5.74) is 0.613. The van der Waals surface area contributed by atoms with Crippen LogP contribution in [0.15, 0.2) is 30.3 Å². The molecule has 6 heteroatoms. The van der Waals surface area contributed by atoms with E-state index >= 15 is 0 Å². The summed E-state index contributed by atoms with van der Waals surface area (Å²) in [5, 5.41) is 0. The van der Waals surface area contributed by atoms with Crippen molar-refractivity contribution in [2.24, 2.45) is 5.92 Å². The molecule has 1 aromatic carbocycles. The third kappa shape index (κ3) is 3.00. The molecule has 2 aliphatic heterocycles. The molecule has 2 fully saturated rings. The minimum absolute atomic E-state index is 0.00915. The molecule has 2 saturated heterocycles. The SMILES string of the molecule is CC(C)C(=O)N1CCC(N2CC(=O)N(c3ccccc3)C2=O)CC1. The summed E-state index contributed by atoms with van der Waals surface area (Å²) in [6.45, 7) is 5.20. The van der Waals surface area contributed by atoms with Gasteiger partial charge in [0.25, 0.3) is 5.91 Å². The number of likely N-dealkylation sites (tertiary alicyclic amines) is 1. The van der Waals surface area contributed by atoms with Crippen molar-refractivity contribution in [3.8, 4) is 0 Å². The Morgan fingerprint density at radius 2 is 1.71 bits per heavy atom. The van der Waals surface area contributed by atoms with Gasteiger partial charge >= 0.3 is 6.03 Å². The highest BCUT2D eigenvalue weighted by molar-refractivity contribution is 6.19. The summed E-state index contributed by atoms with van der Waals surface area (Å²) in [5.74, 6) is -0.0415. The van der Waals surface area contributed by atoms with E-state index in [9.17, 15) is 14.4 Å².